The summed E-state index contributed by atoms with van der Waals surface area (Å²) in [7, 11) is 0. The molecular weight excluding hydrogens is 412 g/mol. The summed E-state index contributed by atoms with van der Waals surface area (Å²) in [6.07, 6.45) is 7.13. The second-order valence-corrected chi connectivity index (χ2v) is 9.78. The fourth-order valence-electron chi connectivity index (χ4n) is 5.69. The van der Waals surface area contributed by atoms with Crippen molar-refractivity contribution in [3.63, 3.8) is 0 Å². The number of amides is 1. The molecule has 0 spiro atoms. The topological polar surface area (TPSA) is 65.8 Å². The van der Waals surface area contributed by atoms with Gasteiger partial charge in [0, 0.05) is 50.8 Å². The lowest BCUT2D eigenvalue weighted by atomic mass is 9.96. The van der Waals surface area contributed by atoms with Crippen LogP contribution in [0.2, 0.25) is 0 Å². The second kappa shape index (κ2) is 8.78. The van der Waals surface area contributed by atoms with Crippen LogP contribution in [0.25, 0.3) is 5.65 Å². The molecule has 5 heterocycles. The Morgan fingerprint density at radius 2 is 1.91 bits per heavy atom. The molecule has 1 unspecified atom stereocenters. The maximum atomic E-state index is 13.2. The molecule has 1 atom stereocenters. The molecule has 0 aliphatic carbocycles. The molecular formula is C26H32N6O. The number of hydrogen-bond donors (Lipinski definition) is 1. The van der Waals surface area contributed by atoms with Crippen LogP contribution in [0, 0.1) is 11.8 Å². The summed E-state index contributed by atoms with van der Waals surface area (Å²) >= 11 is 0. The molecule has 1 amide bonds. The normalized spacial score (nSPS) is 21.2. The van der Waals surface area contributed by atoms with Crippen LogP contribution >= 0.6 is 0 Å². The number of carbonyl (C=O) groups is 1. The van der Waals surface area contributed by atoms with E-state index in [1.807, 2.05) is 16.8 Å². The van der Waals surface area contributed by atoms with Crippen LogP contribution in [-0.4, -0.2) is 64.7 Å². The maximum Gasteiger partial charge on any atom is 0.229 e. The molecule has 3 aromatic rings. The number of rotatable bonds is 5. The summed E-state index contributed by atoms with van der Waals surface area (Å²) in [5.74, 6) is 2.20. The van der Waals surface area contributed by atoms with Gasteiger partial charge in [0.1, 0.15) is 5.82 Å². The highest BCUT2D eigenvalue weighted by Gasteiger charge is 2.39. The molecule has 6 rings (SSSR count). The predicted octanol–water partition coefficient (Wildman–Crippen LogP) is 2.33. The fraction of sp³-hybridized carbons (Fsp3) is 0.500. The Hall–Kier alpha value is -2.93. The van der Waals surface area contributed by atoms with E-state index in [2.05, 4.69) is 50.5 Å². The van der Waals surface area contributed by atoms with E-state index in [0.29, 0.717) is 11.8 Å². The van der Waals surface area contributed by atoms with E-state index in [1.165, 1.54) is 23.2 Å². The van der Waals surface area contributed by atoms with E-state index in [1.54, 1.807) is 0 Å². The van der Waals surface area contributed by atoms with Crippen molar-refractivity contribution in [3.05, 3.63) is 59.4 Å². The fourth-order valence-corrected chi connectivity index (χ4v) is 5.69. The molecule has 1 aromatic carbocycles. The standard InChI is InChI=1S/C26H32N6O/c33-26(30-15-11-20(16-30)7-6-19-4-2-1-3-5-19)21-17-31(18-21)25-22-8-12-27-13-9-23(22)29-24-10-14-28-32(24)25/h1-5,10,14,20-21,27H,6-9,11-13,15-18H2. The highest BCUT2D eigenvalue weighted by Crippen LogP contribution is 2.33. The Morgan fingerprint density at radius 3 is 2.79 bits per heavy atom. The maximum absolute atomic E-state index is 13.2. The number of aromatic nitrogens is 3. The van der Waals surface area contributed by atoms with Gasteiger partial charge in [-0.1, -0.05) is 30.3 Å². The van der Waals surface area contributed by atoms with Crippen LogP contribution in [0.15, 0.2) is 42.6 Å². The average molecular weight is 445 g/mol. The summed E-state index contributed by atoms with van der Waals surface area (Å²) in [4.78, 5) is 22.6. The Morgan fingerprint density at radius 1 is 1.06 bits per heavy atom. The van der Waals surface area contributed by atoms with E-state index in [9.17, 15) is 4.79 Å². The monoisotopic (exact) mass is 444 g/mol. The number of nitrogens with one attached hydrogen (secondary N) is 1. The van der Waals surface area contributed by atoms with Gasteiger partial charge in [0.05, 0.1) is 17.8 Å². The molecule has 1 N–H and O–H groups in total. The Bertz CT molecular complexity index is 1140. The largest absolute Gasteiger partial charge is 0.354 e. The highest BCUT2D eigenvalue weighted by molar-refractivity contribution is 5.82. The van der Waals surface area contributed by atoms with Gasteiger partial charge in [-0.05, 0) is 43.7 Å². The zero-order valence-electron chi connectivity index (χ0n) is 19.1. The molecule has 0 radical (unpaired) electrons. The number of carbonyl (C=O) groups excluding carboxylic acids is 1. The predicted molar refractivity (Wildman–Crippen MR) is 128 cm³/mol. The summed E-state index contributed by atoms with van der Waals surface area (Å²) in [5.41, 5.74) is 4.78. The van der Waals surface area contributed by atoms with Gasteiger partial charge in [-0.15, -0.1) is 0 Å². The summed E-state index contributed by atoms with van der Waals surface area (Å²) in [5, 5.41) is 8.04. The number of anilines is 1. The van der Waals surface area contributed by atoms with Gasteiger partial charge in [-0.2, -0.15) is 9.61 Å². The van der Waals surface area contributed by atoms with Gasteiger partial charge in [0.15, 0.2) is 5.65 Å². The molecule has 0 bridgehead atoms. The summed E-state index contributed by atoms with van der Waals surface area (Å²) in [6, 6.07) is 12.7. The second-order valence-electron chi connectivity index (χ2n) is 9.78. The number of nitrogens with zero attached hydrogens (tertiary/aromatic N) is 5. The smallest absolute Gasteiger partial charge is 0.229 e. The first-order valence-corrected chi connectivity index (χ1v) is 12.4. The molecule has 3 aliphatic heterocycles. The van der Waals surface area contributed by atoms with E-state index in [0.717, 1.165) is 76.4 Å². The van der Waals surface area contributed by atoms with Gasteiger partial charge in [-0.25, -0.2) is 4.98 Å². The van der Waals surface area contributed by atoms with Crippen molar-refractivity contribution in [3.8, 4) is 0 Å². The van der Waals surface area contributed by atoms with E-state index in [4.69, 9.17) is 4.98 Å². The molecule has 33 heavy (non-hydrogen) atoms. The van der Waals surface area contributed by atoms with Crippen LogP contribution in [0.1, 0.15) is 29.7 Å². The number of fused-ring (bicyclic) bond motifs is 2. The molecule has 172 valence electrons. The Kier molecular flexibility index (Phi) is 5.50. The van der Waals surface area contributed by atoms with E-state index < -0.39 is 0 Å². The van der Waals surface area contributed by atoms with Crippen molar-refractivity contribution < 1.29 is 4.79 Å². The van der Waals surface area contributed by atoms with Gasteiger partial charge >= 0.3 is 0 Å². The third kappa shape index (κ3) is 3.99. The highest BCUT2D eigenvalue weighted by atomic mass is 16.2. The first-order chi connectivity index (χ1) is 16.3. The first-order valence-electron chi connectivity index (χ1n) is 12.4. The number of hydrogen-bond acceptors (Lipinski definition) is 5. The number of likely N-dealkylation sites (tertiary alicyclic amines) is 1. The van der Waals surface area contributed by atoms with Crippen molar-refractivity contribution in [1.29, 1.82) is 0 Å². The van der Waals surface area contributed by atoms with Crippen LogP contribution in [-0.2, 0) is 24.1 Å². The van der Waals surface area contributed by atoms with Gasteiger partial charge in [0.25, 0.3) is 0 Å². The van der Waals surface area contributed by atoms with Crippen molar-refractivity contribution in [1.82, 2.24) is 24.8 Å². The van der Waals surface area contributed by atoms with E-state index >= 15 is 0 Å². The lowest BCUT2D eigenvalue weighted by Gasteiger charge is -2.42. The minimum absolute atomic E-state index is 0.0937. The van der Waals surface area contributed by atoms with Gasteiger partial charge in [0.2, 0.25) is 5.91 Å². The van der Waals surface area contributed by atoms with Crippen LogP contribution in [0.3, 0.4) is 0 Å². The molecule has 2 saturated heterocycles. The van der Waals surface area contributed by atoms with Crippen molar-refractivity contribution in [2.75, 3.05) is 44.2 Å². The van der Waals surface area contributed by atoms with Crippen LogP contribution < -0.4 is 10.2 Å². The zero-order chi connectivity index (χ0) is 22.2. The Labute approximate surface area is 194 Å². The van der Waals surface area contributed by atoms with Crippen molar-refractivity contribution in [2.45, 2.75) is 32.1 Å². The van der Waals surface area contributed by atoms with E-state index in [-0.39, 0.29) is 5.92 Å². The molecule has 2 aromatic heterocycles. The summed E-state index contributed by atoms with van der Waals surface area (Å²) in [6.45, 7) is 5.32. The van der Waals surface area contributed by atoms with Gasteiger partial charge in [-0.3, -0.25) is 4.79 Å². The minimum Gasteiger partial charge on any atom is -0.354 e. The Balaban J connectivity index is 1.10. The lowest BCUT2D eigenvalue weighted by molar-refractivity contribution is -0.135. The number of benzene rings is 1. The quantitative estimate of drug-likeness (QED) is 0.654. The van der Waals surface area contributed by atoms with Crippen molar-refractivity contribution >= 4 is 17.4 Å². The third-order valence-electron chi connectivity index (χ3n) is 7.59. The molecule has 0 saturated carbocycles. The van der Waals surface area contributed by atoms with Crippen LogP contribution in [0.5, 0.6) is 0 Å². The molecule has 3 aliphatic rings. The molecule has 7 nitrogen and oxygen atoms in total. The third-order valence-corrected chi connectivity index (χ3v) is 7.59. The number of aryl methyl sites for hydroxylation is 1. The molecule has 7 heteroatoms. The lowest BCUT2D eigenvalue weighted by Crippen LogP contribution is -2.55. The SMILES string of the molecule is O=C(C1CN(c2c3c(nc4ccnn24)CCNCC3)C1)N1CCC(CCc2ccccc2)C1. The zero-order valence-corrected chi connectivity index (χ0v) is 19.1. The summed E-state index contributed by atoms with van der Waals surface area (Å²) < 4.78 is 1.97. The average Bonchev–Trinajstić information content (AvgIpc) is 3.41. The first kappa shape index (κ1) is 20.7. The molecule has 2 fully saturated rings. The van der Waals surface area contributed by atoms with Crippen molar-refractivity contribution in [2.24, 2.45) is 11.8 Å². The van der Waals surface area contributed by atoms with Crippen LogP contribution in [0.4, 0.5) is 5.82 Å². The minimum atomic E-state index is 0.0937. The van der Waals surface area contributed by atoms with Gasteiger partial charge < -0.3 is 15.1 Å².